The number of halogens is 2. The third-order valence-electron chi connectivity index (χ3n) is 2.08. The van der Waals surface area contributed by atoms with Crippen molar-refractivity contribution in [2.45, 2.75) is 25.9 Å². The summed E-state index contributed by atoms with van der Waals surface area (Å²) in [6, 6.07) is 4.46. The van der Waals surface area contributed by atoms with Gasteiger partial charge >= 0.3 is 0 Å². The first-order valence-corrected chi connectivity index (χ1v) is 5.53. The minimum Gasteiger partial charge on any atom is -0.385 e. The lowest BCUT2D eigenvalue weighted by Crippen LogP contribution is -2.21. The number of benzene rings is 1. The largest absolute Gasteiger partial charge is 0.385 e. The van der Waals surface area contributed by atoms with Crippen LogP contribution in [0.15, 0.2) is 22.7 Å². The van der Waals surface area contributed by atoms with E-state index in [1.54, 1.807) is 6.07 Å². The van der Waals surface area contributed by atoms with E-state index in [0.29, 0.717) is 12.8 Å². The Balaban J connectivity index is 2.96. The van der Waals surface area contributed by atoms with Crippen LogP contribution in [0.25, 0.3) is 0 Å². The molecule has 82 valence electrons. The quantitative estimate of drug-likeness (QED) is 0.858. The van der Waals surface area contributed by atoms with E-state index < -0.39 is 17.7 Å². The van der Waals surface area contributed by atoms with Crippen LogP contribution in [0, 0.1) is 5.82 Å². The summed E-state index contributed by atoms with van der Waals surface area (Å²) < 4.78 is 13.7. The lowest BCUT2D eigenvalue weighted by molar-refractivity contribution is 0.0724. The molecule has 0 radical (unpaired) electrons. The molecule has 0 heterocycles. The fourth-order valence-corrected chi connectivity index (χ4v) is 1.64. The molecule has 1 aromatic rings. The zero-order valence-electron chi connectivity index (χ0n) is 8.34. The van der Waals surface area contributed by atoms with Crippen molar-refractivity contribution in [2.24, 2.45) is 0 Å². The molecule has 0 aromatic heterocycles. The van der Waals surface area contributed by atoms with Gasteiger partial charge in [0.2, 0.25) is 0 Å². The van der Waals surface area contributed by atoms with Gasteiger partial charge in [0.15, 0.2) is 5.78 Å². The van der Waals surface area contributed by atoms with Crippen LogP contribution >= 0.6 is 15.9 Å². The van der Waals surface area contributed by atoms with Crippen LogP contribution < -0.4 is 0 Å². The van der Waals surface area contributed by atoms with Crippen molar-refractivity contribution in [3.63, 3.8) is 0 Å². The summed E-state index contributed by atoms with van der Waals surface area (Å²) in [5, 5.41) is 9.45. The fourth-order valence-electron chi connectivity index (χ4n) is 1.28. The highest BCUT2D eigenvalue weighted by atomic mass is 79.9. The Labute approximate surface area is 96.2 Å². The van der Waals surface area contributed by atoms with Gasteiger partial charge in [-0.3, -0.25) is 4.79 Å². The van der Waals surface area contributed by atoms with Crippen molar-refractivity contribution in [3.05, 3.63) is 34.1 Å². The molecule has 1 aromatic carbocycles. The van der Waals surface area contributed by atoms with Gasteiger partial charge in [-0.2, -0.15) is 0 Å². The highest BCUT2D eigenvalue weighted by Crippen LogP contribution is 2.20. The standard InChI is InChI=1S/C11H12BrFO2/c1-2-4-9(14)11(15)7-5-3-6-8(12)10(7)13/h3,5-6,9,14H,2,4H2,1H3. The number of aliphatic hydroxyl groups excluding tert-OH is 1. The van der Waals surface area contributed by atoms with E-state index in [1.165, 1.54) is 12.1 Å². The van der Waals surface area contributed by atoms with E-state index >= 15 is 0 Å². The molecule has 1 rings (SSSR count). The Morgan fingerprint density at radius 1 is 1.60 bits per heavy atom. The molecule has 0 amide bonds. The summed E-state index contributed by atoms with van der Waals surface area (Å²) >= 11 is 2.99. The summed E-state index contributed by atoms with van der Waals surface area (Å²) in [6.45, 7) is 1.85. The maximum absolute atomic E-state index is 13.5. The highest BCUT2D eigenvalue weighted by molar-refractivity contribution is 9.10. The molecular weight excluding hydrogens is 263 g/mol. The summed E-state index contributed by atoms with van der Waals surface area (Å²) in [5.41, 5.74) is -0.0645. The molecule has 4 heteroatoms. The van der Waals surface area contributed by atoms with Crippen molar-refractivity contribution in [1.82, 2.24) is 0 Å². The first kappa shape index (κ1) is 12.3. The molecule has 0 spiro atoms. The van der Waals surface area contributed by atoms with Gasteiger partial charge < -0.3 is 5.11 Å². The van der Waals surface area contributed by atoms with Crippen LogP contribution in [0.2, 0.25) is 0 Å². The zero-order valence-corrected chi connectivity index (χ0v) is 9.92. The predicted octanol–water partition coefficient (Wildman–Crippen LogP) is 2.93. The second kappa shape index (κ2) is 5.37. The van der Waals surface area contributed by atoms with Crippen LogP contribution in [0.3, 0.4) is 0 Å². The van der Waals surface area contributed by atoms with E-state index in [2.05, 4.69) is 15.9 Å². The molecule has 0 fully saturated rings. The van der Waals surface area contributed by atoms with Crippen LogP contribution in [0.1, 0.15) is 30.1 Å². The Morgan fingerprint density at radius 3 is 2.87 bits per heavy atom. The van der Waals surface area contributed by atoms with E-state index in [4.69, 9.17) is 0 Å². The van der Waals surface area contributed by atoms with E-state index in [1.807, 2.05) is 6.92 Å². The summed E-state index contributed by atoms with van der Waals surface area (Å²) in [6.07, 6.45) is -0.0772. The van der Waals surface area contributed by atoms with Gasteiger partial charge in [-0.15, -0.1) is 0 Å². The molecule has 0 saturated carbocycles. The maximum Gasteiger partial charge on any atom is 0.194 e. The van der Waals surface area contributed by atoms with E-state index in [0.717, 1.165) is 0 Å². The topological polar surface area (TPSA) is 37.3 Å². The van der Waals surface area contributed by atoms with E-state index in [9.17, 15) is 14.3 Å². The second-order valence-electron chi connectivity index (χ2n) is 3.27. The third kappa shape index (κ3) is 2.86. The van der Waals surface area contributed by atoms with E-state index in [-0.39, 0.29) is 10.0 Å². The molecule has 0 aliphatic carbocycles. The SMILES string of the molecule is CCCC(O)C(=O)c1cccc(Br)c1F. The Kier molecular flexibility index (Phi) is 4.42. The molecule has 0 aliphatic rings. The average molecular weight is 275 g/mol. The molecule has 1 N–H and O–H groups in total. The second-order valence-corrected chi connectivity index (χ2v) is 4.12. The number of carbonyl (C=O) groups is 1. The van der Waals surface area contributed by atoms with Crippen LogP contribution in [0.4, 0.5) is 4.39 Å². The lowest BCUT2D eigenvalue weighted by atomic mass is 10.0. The maximum atomic E-state index is 13.5. The molecule has 1 unspecified atom stereocenters. The van der Waals surface area contributed by atoms with Crippen molar-refractivity contribution in [3.8, 4) is 0 Å². The fraction of sp³-hybridized carbons (Fsp3) is 0.364. The number of hydrogen-bond acceptors (Lipinski definition) is 2. The van der Waals surface area contributed by atoms with Gasteiger partial charge in [0.25, 0.3) is 0 Å². The predicted molar refractivity (Wildman–Crippen MR) is 59.3 cm³/mol. The van der Waals surface area contributed by atoms with Crippen molar-refractivity contribution < 1.29 is 14.3 Å². The molecule has 2 nitrogen and oxygen atoms in total. The van der Waals surface area contributed by atoms with Gasteiger partial charge in [0.05, 0.1) is 10.0 Å². The number of hydrogen-bond donors (Lipinski definition) is 1. The van der Waals surface area contributed by atoms with Crippen LogP contribution in [-0.4, -0.2) is 17.0 Å². The van der Waals surface area contributed by atoms with Gasteiger partial charge in [-0.05, 0) is 34.5 Å². The Morgan fingerprint density at radius 2 is 2.27 bits per heavy atom. The molecule has 1 atom stereocenters. The lowest BCUT2D eigenvalue weighted by Gasteiger charge is -2.09. The summed E-state index contributed by atoms with van der Waals surface area (Å²) in [7, 11) is 0. The summed E-state index contributed by atoms with van der Waals surface area (Å²) in [4.78, 5) is 11.6. The van der Waals surface area contributed by atoms with Gasteiger partial charge in [-0.25, -0.2) is 4.39 Å². The van der Waals surface area contributed by atoms with Crippen LogP contribution in [-0.2, 0) is 0 Å². The van der Waals surface area contributed by atoms with Crippen molar-refractivity contribution in [2.75, 3.05) is 0 Å². The van der Waals surface area contributed by atoms with Gasteiger partial charge in [0.1, 0.15) is 11.9 Å². The minimum atomic E-state index is -1.11. The molecule has 0 aliphatic heterocycles. The monoisotopic (exact) mass is 274 g/mol. The van der Waals surface area contributed by atoms with Crippen LogP contribution in [0.5, 0.6) is 0 Å². The number of Topliss-reactive ketones (excluding diaryl/α,β-unsaturated/α-hetero) is 1. The summed E-state index contributed by atoms with van der Waals surface area (Å²) in [5.74, 6) is -1.17. The number of aliphatic hydroxyl groups is 1. The molecule has 15 heavy (non-hydrogen) atoms. The average Bonchev–Trinajstić information content (AvgIpc) is 2.21. The first-order chi connectivity index (χ1) is 7.07. The molecular formula is C11H12BrFO2. The zero-order chi connectivity index (χ0) is 11.4. The number of ketones is 1. The highest BCUT2D eigenvalue weighted by Gasteiger charge is 2.20. The Bertz CT molecular complexity index is 366. The third-order valence-corrected chi connectivity index (χ3v) is 2.69. The smallest absolute Gasteiger partial charge is 0.194 e. The van der Waals surface area contributed by atoms with Gasteiger partial charge in [-0.1, -0.05) is 19.4 Å². The number of rotatable bonds is 4. The van der Waals surface area contributed by atoms with Crippen molar-refractivity contribution in [1.29, 1.82) is 0 Å². The minimum absolute atomic E-state index is 0.0645. The molecule has 0 bridgehead atoms. The Hall–Kier alpha value is -0.740. The van der Waals surface area contributed by atoms with Crippen molar-refractivity contribution >= 4 is 21.7 Å². The number of carbonyl (C=O) groups excluding carboxylic acids is 1. The normalized spacial score (nSPS) is 12.5. The van der Waals surface area contributed by atoms with Gasteiger partial charge in [0, 0.05) is 0 Å². The first-order valence-electron chi connectivity index (χ1n) is 4.74. The molecule has 0 saturated heterocycles.